The predicted molar refractivity (Wildman–Crippen MR) is 45.0 cm³/mol. The zero-order valence-corrected chi connectivity index (χ0v) is 8.18. The minimum absolute atomic E-state index is 0.271. The molecular weight excluding hydrogens is 230 g/mol. The monoisotopic (exact) mass is 235 g/mol. The van der Waals surface area contributed by atoms with Crippen LogP contribution in [0, 0.1) is 0 Å². The molecule has 0 unspecified atom stereocenters. The van der Waals surface area contributed by atoms with E-state index in [1.165, 1.54) is 18.5 Å². The zero-order valence-electron chi connectivity index (χ0n) is 5.78. The minimum atomic E-state index is -3.12. The van der Waals surface area contributed by atoms with E-state index in [9.17, 15) is 8.42 Å². The topological polar surface area (TPSA) is 47.0 Å². The molecule has 1 aromatic rings. The van der Waals surface area contributed by atoms with E-state index in [2.05, 4.69) is 20.9 Å². The maximum atomic E-state index is 11.0. The molecule has 3 nitrogen and oxygen atoms in total. The Kier molecular flexibility index (Phi) is 2.29. The highest BCUT2D eigenvalue weighted by Gasteiger charge is 2.09. The number of halogens is 1. The average molecular weight is 236 g/mol. The summed E-state index contributed by atoms with van der Waals surface area (Å²) in [4.78, 5) is 4.02. The van der Waals surface area contributed by atoms with Crippen molar-refractivity contribution in [3.63, 3.8) is 0 Å². The fraction of sp³-hybridized carbons (Fsp3) is 0.167. The summed E-state index contributed by atoms with van der Waals surface area (Å²) in [5, 5.41) is 0. The van der Waals surface area contributed by atoms with Crippen LogP contribution in [-0.4, -0.2) is 19.7 Å². The first-order valence-electron chi connectivity index (χ1n) is 2.81. The second kappa shape index (κ2) is 2.91. The third-order valence-electron chi connectivity index (χ3n) is 1.13. The Hall–Kier alpha value is -0.420. The number of sulfone groups is 1. The molecule has 0 aliphatic carbocycles. The van der Waals surface area contributed by atoms with Gasteiger partial charge in [-0.2, -0.15) is 0 Å². The van der Waals surface area contributed by atoms with Gasteiger partial charge in [0.25, 0.3) is 0 Å². The van der Waals surface area contributed by atoms with E-state index >= 15 is 0 Å². The van der Waals surface area contributed by atoms with Crippen LogP contribution >= 0.6 is 15.9 Å². The van der Waals surface area contributed by atoms with Crippen LogP contribution in [0.15, 0.2) is 27.8 Å². The first-order chi connectivity index (χ1) is 5.02. The lowest BCUT2D eigenvalue weighted by molar-refractivity contribution is 0.601. The fourth-order valence-corrected chi connectivity index (χ4v) is 2.51. The van der Waals surface area contributed by atoms with Crippen molar-refractivity contribution in [1.29, 1.82) is 0 Å². The normalized spacial score (nSPS) is 11.5. The second-order valence-electron chi connectivity index (χ2n) is 2.08. The van der Waals surface area contributed by atoms with Gasteiger partial charge in [-0.25, -0.2) is 8.42 Å². The standard InChI is InChI=1S/C6H6BrNO2S/c1-11(9,10)6-2-3-8-4-5(6)7/h2-4H,1H3. The van der Waals surface area contributed by atoms with Crippen molar-refractivity contribution in [3.8, 4) is 0 Å². The number of hydrogen-bond acceptors (Lipinski definition) is 3. The van der Waals surface area contributed by atoms with Crippen molar-refractivity contribution in [2.75, 3.05) is 6.26 Å². The molecule has 11 heavy (non-hydrogen) atoms. The molecule has 0 fully saturated rings. The predicted octanol–water partition coefficient (Wildman–Crippen LogP) is 1.25. The summed E-state index contributed by atoms with van der Waals surface area (Å²) in [6.07, 6.45) is 4.06. The molecule has 0 spiro atoms. The number of pyridine rings is 1. The quantitative estimate of drug-likeness (QED) is 0.737. The van der Waals surface area contributed by atoms with E-state index in [1.54, 1.807) is 0 Å². The molecule has 0 aliphatic rings. The summed E-state index contributed by atoms with van der Waals surface area (Å²) in [6, 6.07) is 1.46. The van der Waals surface area contributed by atoms with Crippen LogP contribution in [0.1, 0.15) is 0 Å². The Morgan fingerprint density at radius 3 is 2.55 bits per heavy atom. The number of nitrogens with zero attached hydrogens (tertiary/aromatic N) is 1. The van der Waals surface area contributed by atoms with Gasteiger partial charge in [0.15, 0.2) is 9.84 Å². The van der Waals surface area contributed by atoms with Crippen LogP contribution in [0.2, 0.25) is 0 Å². The summed E-state index contributed by atoms with van der Waals surface area (Å²) in [5.41, 5.74) is 0. The van der Waals surface area contributed by atoms with Gasteiger partial charge in [0, 0.05) is 18.6 Å². The summed E-state index contributed by atoms with van der Waals surface area (Å²) >= 11 is 3.09. The summed E-state index contributed by atoms with van der Waals surface area (Å²) in [7, 11) is -3.12. The lowest BCUT2D eigenvalue weighted by atomic mass is 10.5. The highest BCUT2D eigenvalue weighted by molar-refractivity contribution is 9.10. The van der Waals surface area contributed by atoms with Gasteiger partial charge in [0.05, 0.1) is 9.37 Å². The van der Waals surface area contributed by atoms with Crippen LogP contribution in [0.4, 0.5) is 0 Å². The SMILES string of the molecule is CS(=O)(=O)c1ccncc1Br. The molecule has 0 saturated carbocycles. The van der Waals surface area contributed by atoms with Gasteiger partial charge in [-0.15, -0.1) is 0 Å². The molecule has 0 amide bonds. The van der Waals surface area contributed by atoms with Crippen LogP contribution < -0.4 is 0 Å². The van der Waals surface area contributed by atoms with Crippen molar-refractivity contribution in [3.05, 3.63) is 22.9 Å². The van der Waals surface area contributed by atoms with E-state index < -0.39 is 9.84 Å². The van der Waals surface area contributed by atoms with Crippen LogP contribution in [0.25, 0.3) is 0 Å². The lowest BCUT2D eigenvalue weighted by Gasteiger charge is -1.98. The molecule has 0 aromatic carbocycles. The van der Waals surface area contributed by atoms with Crippen LogP contribution in [-0.2, 0) is 9.84 Å². The number of aromatic nitrogens is 1. The maximum Gasteiger partial charge on any atom is 0.176 e. The maximum absolute atomic E-state index is 11.0. The average Bonchev–Trinajstić information content (AvgIpc) is 1.86. The van der Waals surface area contributed by atoms with Crippen LogP contribution in [0.3, 0.4) is 0 Å². The lowest BCUT2D eigenvalue weighted by Crippen LogP contribution is -1.97. The van der Waals surface area contributed by atoms with Gasteiger partial charge in [-0.1, -0.05) is 0 Å². The van der Waals surface area contributed by atoms with Crippen LogP contribution in [0.5, 0.6) is 0 Å². The second-order valence-corrected chi connectivity index (χ2v) is 4.92. The van der Waals surface area contributed by atoms with Crippen molar-refractivity contribution in [2.24, 2.45) is 0 Å². The summed E-state index contributed by atoms with van der Waals surface area (Å²) in [6.45, 7) is 0. The van der Waals surface area contributed by atoms with Crippen molar-refractivity contribution in [1.82, 2.24) is 4.98 Å². The third kappa shape index (κ3) is 2.00. The highest BCUT2D eigenvalue weighted by Crippen LogP contribution is 2.19. The largest absolute Gasteiger partial charge is 0.263 e. The minimum Gasteiger partial charge on any atom is -0.263 e. The first kappa shape index (κ1) is 8.67. The first-order valence-corrected chi connectivity index (χ1v) is 5.50. The Morgan fingerprint density at radius 1 is 1.55 bits per heavy atom. The van der Waals surface area contributed by atoms with E-state index in [0.29, 0.717) is 4.47 Å². The molecule has 0 radical (unpaired) electrons. The Bertz CT molecular complexity index is 361. The van der Waals surface area contributed by atoms with Crippen molar-refractivity contribution < 1.29 is 8.42 Å². The van der Waals surface area contributed by atoms with Gasteiger partial charge < -0.3 is 0 Å². The molecular formula is C6H6BrNO2S. The van der Waals surface area contributed by atoms with E-state index in [1.807, 2.05) is 0 Å². The zero-order chi connectivity index (χ0) is 8.48. The molecule has 1 aromatic heterocycles. The Morgan fingerprint density at radius 2 is 2.18 bits per heavy atom. The molecule has 0 bridgehead atoms. The van der Waals surface area contributed by atoms with Gasteiger partial charge in [-0.05, 0) is 22.0 Å². The molecule has 5 heteroatoms. The van der Waals surface area contributed by atoms with Crippen molar-refractivity contribution >= 4 is 25.8 Å². The van der Waals surface area contributed by atoms with E-state index in [-0.39, 0.29) is 4.90 Å². The third-order valence-corrected chi connectivity index (χ3v) is 3.18. The Labute approximate surface area is 73.5 Å². The number of hydrogen-bond donors (Lipinski definition) is 0. The smallest absolute Gasteiger partial charge is 0.176 e. The molecule has 0 N–H and O–H groups in total. The van der Waals surface area contributed by atoms with E-state index in [4.69, 9.17) is 0 Å². The molecule has 1 heterocycles. The molecule has 60 valence electrons. The molecule has 0 saturated heterocycles. The number of rotatable bonds is 1. The van der Waals surface area contributed by atoms with Gasteiger partial charge in [0.1, 0.15) is 0 Å². The highest BCUT2D eigenvalue weighted by atomic mass is 79.9. The summed E-state index contributed by atoms with van der Waals surface area (Å²) < 4.78 is 22.5. The van der Waals surface area contributed by atoms with Gasteiger partial charge >= 0.3 is 0 Å². The van der Waals surface area contributed by atoms with Gasteiger partial charge in [0.2, 0.25) is 0 Å². The molecule has 0 atom stereocenters. The Balaban J connectivity index is 3.37. The molecule has 1 rings (SSSR count). The summed E-state index contributed by atoms with van der Waals surface area (Å²) in [5.74, 6) is 0. The fourth-order valence-electron chi connectivity index (χ4n) is 0.663. The van der Waals surface area contributed by atoms with Crippen molar-refractivity contribution in [2.45, 2.75) is 4.90 Å². The van der Waals surface area contributed by atoms with Gasteiger partial charge in [-0.3, -0.25) is 4.98 Å². The van der Waals surface area contributed by atoms with E-state index in [0.717, 1.165) is 6.26 Å². The molecule has 0 aliphatic heterocycles.